The van der Waals surface area contributed by atoms with Crippen LogP contribution < -0.4 is 0 Å². The fourth-order valence-electron chi connectivity index (χ4n) is 0.910. The first-order chi connectivity index (χ1) is 5.84. The van der Waals surface area contributed by atoms with Crippen LogP contribution in [0.2, 0.25) is 0 Å². The summed E-state index contributed by atoms with van der Waals surface area (Å²) in [4.78, 5) is 4.04. The molecule has 0 saturated heterocycles. The van der Waals surface area contributed by atoms with Gasteiger partial charge in [0.2, 0.25) is 5.89 Å². The number of aryl methyl sites for hydroxylation is 1. The van der Waals surface area contributed by atoms with E-state index in [0.717, 1.165) is 5.56 Å². The first kappa shape index (κ1) is 7.02. The van der Waals surface area contributed by atoms with Crippen LogP contribution in [0.15, 0.2) is 21.5 Å². The second kappa shape index (κ2) is 2.77. The largest absolute Gasteiger partial charge is 0.364 e. The molecule has 62 valence electrons. The van der Waals surface area contributed by atoms with Crippen molar-refractivity contribution in [2.75, 3.05) is 0 Å². The molecule has 12 heavy (non-hydrogen) atoms. The molecule has 0 amide bonds. The Kier molecular flexibility index (Phi) is 1.62. The molecular weight excluding hydrogens is 158 g/mol. The molecule has 0 aromatic carbocycles. The summed E-state index contributed by atoms with van der Waals surface area (Å²) in [7, 11) is 0. The Hall–Kier alpha value is -1.65. The van der Waals surface area contributed by atoms with Gasteiger partial charge in [0.05, 0.1) is 6.20 Å². The number of hydrogen-bond acceptors (Lipinski definition) is 5. The van der Waals surface area contributed by atoms with Crippen LogP contribution in [0.25, 0.3) is 0 Å². The van der Waals surface area contributed by atoms with E-state index in [1.54, 1.807) is 19.4 Å². The Bertz CT molecular complexity index is 352. The van der Waals surface area contributed by atoms with E-state index in [2.05, 4.69) is 19.8 Å². The average molecular weight is 165 g/mol. The predicted octanol–water partition coefficient (Wildman–Crippen LogP) is 0.957. The van der Waals surface area contributed by atoms with Crippen LogP contribution >= 0.6 is 0 Å². The van der Waals surface area contributed by atoms with Crippen molar-refractivity contribution in [2.24, 2.45) is 0 Å². The molecule has 0 aliphatic rings. The van der Waals surface area contributed by atoms with E-state index in [1.807, 2.05) is 0 Å². The monoisotopic (exact) mass is 165 g/mol. The van der Waals surface area contributed by atoms with Gasteiger partial charge in [-0.1, -0.05) is 10.3 Å². The quantitative estimate of drug-likeness (QED) is 0.663. The zero-order valence-corrected chi connectivity index (χ0v) is 6.52. The maximum Gasteiger partial charge on any atom is 0.223 e. The predicted molar refractivity (Wildman–Crippen MR) is 38.3 cm³/mol. The van der Waals surface area contributed by atoms with Gasteiger partial charge in [-0.05, 0) is 0 Å². The highest BCUT2D eigenvalue weighted by molar-refractivity contribution is 5.07. The molecule has 0 radical (unpaired) electrons. The molecule has 5 heteroatoms. The summed E-state index contributed by atoms with van der Waals surface area (Å²) in [5, 5.41) is 7.30. The van der Waals surface area contributed by atoms with Crippen molar-refractivity contribution in [1.29, 1.82) is 0 Å². The third-order valence-corrected chi connectivity index (χ3v) is 1.42. The van der Waals surface area contributed by atoms with E-state index in [9.17, 15) is 0 Å². The fourth-order valence-corrected chi connectivity index (χ4v) is 0.910. The Labute approximate surface area is 68.4 Å². The van der Waals surface area contributed by atoms with Crippen molar-refractivity contribution >= 4 is 0 Å². The molecule has 2 heterocycles. The van der Waals surface area contributed by atoms with Crippen molar-refractivity contribution in [3.05, 3.63) is 29.7 Å². The Morgan fingerprint density at radius 1 is 1.50 bits per heavy atom. The molecule has 0 atom stereocenters. The lowest BCUT2D eigenvalue weighted by Gasteiger charge is -1.84. The van der Waals surface area contributed by atoms with Crippen molar-refractivity contribution in [3.63, 3.8) is 0 Å². The fraction of sp³-hybridized carbons (Fsp3) is 0.286. The van der Waals surface area contributed by atoms with Crippen LogP contribution in [0.3, 0.4) is 0 Å². The number of rotatable bonds is 2. The SMILES string of the molecule is Cc1nc(Cc2cnoc2)no1. The van der Waals surface area contributed by atoms with Gasteiger partial charge in [-0.15, -0.1) is 0 Å². The molecule has 2 rings (SSSR count). The molecule has 0 spiro atoms. The van der Waals surface area contributed by atoms with Gasteiger partial charge in [0.15, 0.2) is 5.82 Å². The van der Waals surface area contributed by atoms with Crippen LogP contribution in [0, 0.1) is 6.92 Å². The zero-order chi connectivity index (χ0) is 8.39. The molecule has 2 aromatic heterocycles. The smallest absolute Gasteiger partial charge is 0.223 e. The third-order valence-electron chi connectivity index (χ3n) is 1.42. The highest BCUT2D eigenvalue weighted by Crippen LogP contribution is 2.04. The topological polar surface area (TPSA) is 65.0 Å². The summed E-state index contributed by atoms with van der Waals surface area (Å²) < 4.78 is 9.46. The molecule has 5 nitrogen and oxygen atoms in total. The van der Waals surface area contributed by atoms with E-state index in [-0.39, 0.29) is 0 Å². The Balaban J connectivity index is 2.14. The average Bonchev–Trinajstić information content (AvgIpc) is 2.63. The summed E-state index contributed by atoms with van der Waals surface area (Å²) in [5.74, 6) is 1.22. The first-order valence-corrected chi connectivity index (χ1v) is 3.52. The van der Waals surface area contributed by atoms with Crippen LogP contribution in [0.4, 0.5) is 0 Å². The van der Waals surface area contributed by atoms with E-state index in [4.69, 9.17) is 4.52 Å². The van der Waals surface area contributed by atoms with Crippen LogP contribution in [-0.2, 0) is 6.42 Å². The van der Waals surface area contributed by atoms with Crippen LogP contribution in [-0.4, -0.2) is 15.3 Å². The highest BCUT2D eigenvalue weighted by Gasteiger charge is 2.04. The summed E-state index contributed by atoms with van der Waals surface area (Å²) >= 11 is 0. The molecule has 0 unspecified atom stereocenters. The van der Waals surface area contributed by atoms with E-state index in [0.29, 0.717) is 18.1 Å². The number of nitrogens with zero attached hydrogens (tertiary/aromatic N) is 3. The third kappa shape index (κ3) is 1.34. The van der Waals surface area contributed by atoms with Gasteiger partial charge in [-0.25, -0.2) is 0 Å². The molecule has 0 N–H and O–H groups in total. The summed E-state index contributed by atoms with van der Waals surface area (Å²) in [5.41, 5.74) is 0.941. The second-order valence-electron chi connectivity index (χ2n) is 2.44. The minimum absolute atomic E-state index is 0.571. The number of aromatic nitrogens is 3. The van der Waals surface area contributed by atoms with Crippen molar-refractivity contribution in [3.8, 4) is 0 Å². The van der Waals surface area contributed by atoms with Gasteiger partial charge in [0, 0.05) is 18.9 Å². The van der Waals surface area contributed by atoms with Gasteiger partial charge in [0.25, 0.3) is 0 Å². The minimum Gasteiger partial charge on any atom is -0.364 e. The molecule has 0 saturated carbocycles. The van der Waals surface area contributed by atoms with Gasteiger partial charge in [0.1, 0.15) is 6.26 Å². The zero-order valence-electron chi connectivity index (χ0n) is 6.52. The second-order valence-corrected chi connectivity index (χ2v) is 2.44. The summed E-state index contributed by atoms with van der Waals surface area (Å²) in [6.45, 7) is 1.75. The first-order valence-electron chi connectivity index (χ1n) is 3.52. The van der Waals surface area contributed by atoms with Gasteiger partial charge in [-0.3, -0.25) is 0 Å². The molecule has 0 fully saturated rings. The maximum atomic E-state index is 4.80. The summed E-state index contributed by atoms with van der Waals surface area (Å²) in [6, 6.07) is 0. The lowest BCUT2D eigenvalue weighted by atomic mass is 10.2. The lowest BCUT2D eigenvalue weighted by Crippen LogP contribution is -1.88. The molecule has 0 bridgehead atoms. The molecule has 0 aliphatic carbocycles. The van der Waals surface area contributed by atoms with Crippen molar-refractivity contribution in [1.82, 2.24) is 15.3 Å². The molecular formula is C7H7N3O2. The lowest BCUT2D eigenvalue weighted by molar-refractivity contribution is 0.388. The van der Waals surface area contributed by atoms with E-state index >= 15 is 0 Å². The summed E-state index contributed by atoms with van der Waals surface area (Å²) in [6.07, 6.45) is 3.79. The van der Waals surface area contributed by atoms with Gasteiger partial charge in [-0.2, -0.15) is 4.98 Å². The van der Waals surface area contributed by atoms with Gasteiger partial charge >= 0.3 is 0 Å². The van der Waals surface area contributed by atoms with Crippen LogP contribution in [0.5, 0.6) is 0 Å². The maximum absolute atomic E-state index is 4.80. The number of hydrogen-bond donors (Lipinski definition) is 0. The molecule has 2 aromatic rings. The minimum atomic E-state index is 0.571. The highest BCUT2D eigenvalue weighted by atomic mass is 16.5. The molecule has 0 aliphatic heterocycles. The Morgan fingerprint density at radius 2 is 2.42 bits per heavy atom. The van der Waals surface area contributed by atoms with Crippen LogP contribution in [0.1, 0.15) is 17.3 Å². The normalized spacial score (nSPS) is 10.4. The van der Waals surface area contributed by atoms with E-state index < -0.39 is 0 Å². The Morgan fingerprint density at radius 3 is 3.00 bits per heavy atom. The standard InChI is InChI=1S/C7H7N3O2/c1-5-9-7(10-12-5)2-6-3-8-11-4-6/h3-4H,2H2,1H3. The van der Waals surface area contributed by atoms with Gasteiger partial charge < -0.3 is 9.05 Å². The van der Waals surface area contributed by atoms with Crippen molar-refractivity contribution < 1.29 is 9.05 Å². The van der Waals surface area contributed by atoms with Crippen molar-refractivity contribution in [2.45, 2.75) is 13.3 Å². The van der Waals surface area contributed by atoms with E-state index in [1.165, 1.54) is 0 Å².